The van der Waals surface area contributed by atoms with E-state index in [1.54, 1.807) is 12.1 Å². The molecule has 0 saturated heterocycles. The molecule has 0 heterocycles. The maximum Gasteiger partial charge on any atom is 0.133 e. The molecular formula is C19H20O3. The third-order valence-corrected chi connectivity index (χ3v) is 4.28. The molecular weight excluding hydrogens is 276 g/mol. The van der Waals surface area contributed by atoms with Crippen LogP contribution in [0.25, 0.3) is 11.1 Å². The second-order valence-corrected chi connectivity index (χ2v) is 5.95. The van der Waals surface area contributed by atoms with Crippen LogP contribution in [0.2, 0.25) is 0 Å². The molecule has 114 valence electrons. The van der Waals surface area contributed by atoms with Crippen molar-refractivity contribution in [2.75, 3.05) is 0 Å². The van der Waals surface area contributed by atoms with Crippen LogP contribution < -0.4 is 0 Å². The Kier molecular flexibility index (Phi) is 4.14. The van der Waals surface area contributed by atoms with Gasteiger partial charge in [-0.2, -0.15) is 0 Å². The maximum atomic E-state index is 11.9. The molecule has 0 saturated carbocycles. The molecule has 0 atom stereocenters. The average molecular weight is 296 g/mol. The summed E-state index contributed by atoms with van der Waals surface area (Å²) in [5.74, 6) is 0.614. The van der Waals surface area contributed by atoms with Crippen LogP contribution in [0.3, 0.4) is 0 Å². The van der Waals surface area contributed by atoms with Crippen LogP contribution in [-0.2, 0) is 17.6 Å². The van der Waals surface area contributed by atoms with Gasteiger partial charge in [-0.05, 0) is 61.1 Å². The van der Waals surface area contributed by atoms with Gasteiger partial charge in [0.05, 0.1) is 0 Å². The first-order valence-electron chi connectivity index (χ1n) is 7.79. The number of carbonyl (C=O) groups is 1. The molecule has 3 nitrogen and oxygen atoms in total. The monoisotopic (exact) mass is 296 g/mol. The lowest BCUT2D eigenvalue weighted by atomic mass is 9.96. The first-order chi connectivity index (χ1) is 10.6. The van der Waals surface area contributed by atoms with Gasteiger partial charge in [-0.1, -0.05) is 12.1 Å². The Hall–Kier alpha value is -2.29. The number of phenolic OH excluding ortho intramolecular Hbond substituents is 2. The van der Waals surface area contributed by atoms with Crippen LogP contribution in [0.4, 0.5) is 0 Å². The summed E-state index contributed by atoms with van der Waals surface area (Å²) < 4.78 is 0. The molecule has 4 bridgehead atoms. The van der Waals surface area contributed by atoms with Gasteiger partial charge in [-0.15, -0.1) is 0 Å². The maximum absolute atomic E-state index is 11.9. The number of fused-ring (bicyclic) bond motifs is 5. The Morgan fingerprint density at radius 3 is 1.86 bits per heavy atom. The zero-order valence-corrected chi connectivity index (χ0v) is 12.5. The smallest absolute Gasteiger partial charge is 0.133 e. The first kappa shape index (κ1) is 14.6. The molecule has 22 heavy (non-hydrogen) atoms. The van der Waals surface area contributed by atoms with Gasteiger partial charge >= 0.3 is 0 Å². The summed E-state index contributed by atoms with van der Waals surface area (Å²) in [5, 5.41) is 20.3. The number of phenols is 2. The SMILES string of the molecule is O=C1CCCCc2ccc(O)c(c2)-c2cc(ccc2O)CC1. The molecule has 1 aliphatic carbocycles. The molecule has 0 spiro atoms. The van der Waals surface area contributed by atoms with Gasteiger partial charge in [0.2, 0.25) is 0 Å². The van der Waals surface area contributed by atoms with Crippen molar-refractivity contribution in [1.82, 2.24) is 0 Å². The Labute approximate surface area is 130 Å². The average Bonchev–Trinajstić information content (AvgIpc) is 2.52. The van der Waals surface area contributed by atoms with E-state index in [4.69, 9.17) is 0 Å². The number of hydrogen-bond acceptors (Lipinski definition) is 3. The van der Waals surface area contributed by atoms with Gasteiger partial charge in [0.1, 0.15) is 17.3 Å². The summed E-state index contributed by atoms with van der Waals surface area (Å²) in [7, 11) is 0. The van der Waals surface area contributed by atoms with E-state index < -0.39 is 0 Å². The van der Waals surface area contributed by atoms with Crippen molar-refractivity contribution in [1.29, 1.82) is 0 Å². The summed E-state index contributed by atoms with van der Waals surface area (Å²) in [6.45, 7) is 0. The van der Waals surface area contributed by atoms with Crippen molar-refractivity contribution in [3.63, 3.8) is 0 Å². The molecule has 2 N–H and O–H groups in total. The minimum atomic E-state index is 0.150. The lowest BCUT2D eigenvalue weighted by Crippen LogP contribution is -2.00. The van der Waals surface area contributed by atoms with Crippen LogP contribution in [-0.4, -0.2) is 16.0 Å². The third-order valence-electron chi connectivity index (χ3n) is 4.28. The number of benzene rings is 2. The summed E-state index contributed by atoms with van der Waals surface area (Å²) in [5.41, 5.74) is 3.40. The predicted molar refractivity (Wildman–Crippen MR) is 86.1 cm³/mol. The normalized spacial score (nSPS) is 15.5. The minimum absolute atomic E-state index is 0.150. The van der Waals surface area contributed by atoms with Crippen LogP contribution in [0.5, 0.6) is 11.5 Å². The Balaban J connectivity index is 2.08. The largest absolute Gasteiger partial charge is 0.507 e. The number of ketones is 1. The lowest BCUT2D eigenvalue weighted by molar-refractivity contribution is -0.119. The fraction of sp³-hybridized carbons (Fsp3) is 0.316. The molecule has 2 aromatic carbocycles. The van der Waals surface area contributed by atoms with Crippen molar-refractivity contribution < 1.29 is 15.0 Å². The summed E-state index contributed by atoms with van der Waals surface area (Å²) in [6.07, 6.45) is 4.58. The molecule has 0 unspecified atom stereocenters. The fourth-order valence-corrected chi connectivity index (χ4v) is 2.97. The van der Waals surface area contributed by atoms with Crippen molar-refractivity contribution in [2.45, 2.75) is 38.5 Å². The fourth-order valence-electron chi connectivity index (χ4n) is 2.97. The molecule has 3 heteroatoms. The topological polar surface area (TPSA) is 57.5 Å². The van der Waals surface area contributed by atoms with E-state index in [1.807, 2.05) is 24.3 Å². The van der Waals surface area contributed by atoms with Crippen LogP contribution in [0, 0.1) is 0 Å². The number of aryl methyl sites for hydroxylation is 2. The summed E-state index contributed by atoms with van der Waals surface area (Å²) in [4.78, 5) is 11.9. The van der Waals surface area contributed by atoms with E-state index in [1.165, 1.54) is 0 Å². The van der Waals surface area contributed by atoms with Gasteiger partial charge in [0.25, 0.3) is 0 Å². The molecule has 1 aliphatic rings. The molecule has 0 fully saturated rings. The minimum Gasteiger partial charge on any atom is -0.507 e. The standard InChI is InChI=1S/C19H20O3/c20-15-4-2-1-3-13-6-9-18(21)16(11-13)17-12-14(5-8-15)7-10-19(17)22/h6-7,9-12,21-22H,1-5,8H2. The first-order valence-corrected chi connectivity index (χ1v) is 7.79. The number of hydrogen-bond donors (Lipinski definition) is 2. The molecule has 2 aromatic rings. The number of carbonyl (C=O) groups excluding carboxylic acids is 1. The lowest BCUT2D eigenvalue weighted by Gasteiger charge is -2.11. The Morgan fingerprint density at radius 1 is 0.682 bits per heavy atom. The Morgan fingerprint density at radius 2 is 1.23 bits per heavy atom. The molecule has 3 rings (SSSR count). The van der Waals surface area contributed by atoms with Gasteiger partial charge in [-0.3, -0.25) is 4.79 Å². The van der Waals surface area contributed by atoms with E-state index >= 15 is 0 Å². The highest BCUT2D eigenvalue weighted by Crippen LogP contribution is 2.37. The van der Waals surface area contributed by atoms with E-state index in [9.17, 15) is 15.0 Å². The van der Waals surface area contributed by atoms with Gasteiger partial charge in [0.15, 0.2) is 0 Å². The molecule has 0 aromatic heterocycles. The quantitative estimate of drug-likeness (QED) is 0.772. The highest BCUT2D eigenvalue weighted by molar-refractivity contribution is 5.79. The van der Waals surface area contributed by atoms with Crippen molar-refractivity contribution in [3.8, 4) is 22.6 Å². The van der Waals surface area contributed by atoms with Crippen molar-refractivity contribution >= 4 is 5.78 Å². The predicted octanol–water partition coefficient (Wildman–Crippen LogP) is 3.99. The van der Waals surface area contributed by atoms with Crippen LogP contribution >= 0.6 is 0 Å². The van der Waals surface area contributed by atoms with Gasteiger partial charge in [-0.25, -0.2) is 0 Å². The molecule has 0 amide bonds. The molecule has 0 radical (unpaired) electrons. The van der Waals surface area contributed by atoms with Crippen molar-refractivity contribution in [2.24, 2.45) is 0 Å². The van der Waals surface area contributed by atoms with E-state index in [2.05, 4.69) is 0 Å². The zero-order chi connectivity index (χ0) is 15.5. The van der Waals surface area contributed by atoms with Crippen molar-refractivity contribution in [3.05, 3.63) is 47.5 Å². The van der Waals surface area contributed by atoms with E-state index in [0.717, 1.165) is 30.4 Å². The summed E-state index contributed by atoms with van der Waals surface area (Å²) in [6, 6.07) is 10.9. The van der Waals surface area contributed by atoms with Gasteiger partial charge in [0, 0.05) is 24.0 Å². The van der Waals surface area contributed by atoms with Crippen LogP contribution in [0.15, 0.2) is 36.4 Å². The summed E-state index contributed by atoms with van der Waals surface area (Å²) >= 11 is 0. The zero-order valence-electron chi connectivity index (χ0n) is 12.5. The van der Waals surface area contributed by atoms with Crippen LogP contribution in [0.1, 0.15) is 36.8 Å². The third kappa shape index (κ3) is 3.14. The second kappa shape index (κ2) is 6.22. The van der Waals surface area contributed by atoms with Gasteiger partial charge < -0.3 is 10.2 Å². The molecule has 0 aliphatic heterocycles. The number of aromatic hydroxyl groups is 2. The highest BCUT2D eigenvalue weighted by atomic mass is 16.3. The highest BCUT2D eigenvalue weighted by Gasteiger charge is 2.13. The van der Waals surface area contributed by atoms with E-state index in [0.29, 0.717) is 36.2 Å². The number of Topliss-reactive ketones (excluding diaryl/α,β-unsaturated/α-hetero) is 1. The second-order valence-electron chi connectivity index (χ2n) is 5.95. The Bertz CT molecular complexity index is 704. The number of rotatable bonds is 0. The van der Waals surface area contributed by atoms with E-state index in [-0.39, 0.29) is 11.5 Å².